The van der Waals surface area contributed by atoms with Crippen molar-refractivity contribution in [1.82, 2.24) is 4.98 Å². The third-order valence-corrected chi connectivity index (χ3v) is 3.44. The summed E-state index contributed by atoms with van der Waals surface area (Å²) in [6, 6.07) is 10.7. The van der Waals surface area contributed by atoms with Crippen molar-refractivity contribution < 1.29 is 4.74 Å². The summed E-state index contributed by atoms with van der Waals surface area (Å²) in [4.78, 5) is 6.65. The van der Waals surface area contributed by atoms with E-state index in [2.05, 4.69) is 40.2 Å². The van der Waals surface area contributed by atoms with E-state index in [9.17, 15) is 0 Å². The predicted molar refractivity (Wildman–Crippen MR) is 76.6 cm³/mol. The van der Waals surface area contributed by atoms with Crippen LogP contribution in [0.5, 0.6) is 5.75 Å². The van der Waals surface area contributed by atoms with Crippen LogP contribution in [0.1, 0.15) is 18.1 Å². The molecule has 1 aromatic carbocycles. The van der Waals surface area contributed by atoms with Gasteiger partial charge in [0, 0.05) is 25.0 Å². The van der Waals surface area contributed by atoms with Crippen LogP contribution in [0.2, 0.25) is 0 Å². The summed E-state index contributed by atoms with van der Waals surface area (Å²) in [6.07, 6.45) is 4.82. The molecule has 0 unspecified atom stereocenters. The molecule has 19 heavy (non-hydrogen) atoms. The average molecular weight is 254 g/mol. The first-order valence-corrected chi connectivity index (χ1v) is 6.76. The van der Waals surface area contributed by atoms with Crippen molar-refractivity contribution in [3.05, 3.63) is 53.9 Å². The van der Waals surface area contributed by atoms with E-state index in [1.165, 1.54) is 16.8 Å². The van der Waals surface area contributed by atoms with Crippen LogP contribution in [-0.4, -0.2) is 18.1 Å². The minimum atomic E-state index is 0.678. The molecule has 0 aliphatic carbocycles. The number of hydrogen-bond donors (Lipinski definition) is 0. The summed E-state index contributed by atoms with van der Waals surface area (Å²) < 4.78 is 5.50. The molecule has 2 aromatic rings. The molecule has 1 aliphatic rings. The number of hydrogen-bond acceptors (Lipinski definition) is 3. The van der Waals surface area contributed by atoms with E-state index in [1.807, 2.05) is 13.1 Å². The SMILES string of the molecule is CCOc1cncc(CN2CCc3ccccc32)c1. The normalized spacial score (nSPS) is 13.4. The van der Waals surface area contributed by atoms with Crippen LogP contribution in [0.4, 0.5) is 5.69 Å². The molecule has 0 radical (unpaired) electrons. The van der Waals surface area contributed by atoms with E-state index in [4.69, 9.17) is 4.74 Å². The second-order valence-electron chi connectivity index (χ2n) is 4.76. The Morgan fingerprint density at radius 1 is 1.26 bits per heavy atom. The van der Waals surface area contributed by atoms with Crippen LogP contribution in [0.3, 0.4) is 0 Å². The standard InChI is InChI=1S/C16H18N2O/c1-2-19-15-9-13(10-17-11-15)12-18-8-7-14-5-3-4-6-16(14)18/h3-6,9-11H,2,7-8,12H2,1H3. The summed E-state index contributed by atoms with van der Waals surface area (Å²) in [5.41, 5.74) is 3.99. The molecule has 0 amide bonds. The highest BCUT2D eigenvalue weighted by Gasteiger charge is 2.18. The van der Waals surface area contributed by atoms with Crippen LogP contribution >= 0.6 is 0 Å². The van der Waals surface area contributed by atoms with E-state index < -0.39 is 0 Å². The van der Waals surface area contributed by atoms with Gasteiger partial charge in [0.2, 0.25) is 0 Å². The number of rotatable bonds is 4. The van der Waals surface area contributed by atoms with Crippen molar-refractivity contribution in [3.63, 3.8) is 0 Å². The number of para-hydroxylation sites is 1. The topological polar surface area (TPSA) is 25.4 Å². The van der Waals surface area contributed by atoms with Crippen LogP contribution < -0.4 is 9.64 Å². The highest BCUT2D eigenvalue weighted by Crippen LogP contribution is 2.29. The van der Waals surface area contributed by atoms with E-state index in [0.717, 1.165) is 25.3 Å². The summed E-state index contributed by atoms with van der Waals surface area (Å²) in [6.45, 7) is 4.64. The molecule has 0 fully saturated rings. The van der Waals surface area contributed by atoms with Gasteiger partial charge in [0.05, 0.1) is 12.8 Å². The van der Waals surface area contributed by atoms with E-state index >= 15 is 0 Å². The van der Waals surface area contributed by atoms with Gasteiger partial charge >= 0.3 is 0 Å². The first kappa shape index (κ1) is 12.0. The van der Waals surface area contributed by atoms with Gasteiger partial charge in [0.15, 0.2) is 0 Å². The molecule has 98 valence electrons. The van der Waals surface area contributed by atoms with Crippen molar-refractivity contribution in [3.8, 4) is 5.75 Å². The number of anilines is 1. The van der Waals surface area contributed by atoms with Crippen molar-refractivity contribution >= 4 is 5.69 Å². The third kappa shape index (κ3) is 2.55. The number of fused-ring (bicyclic) bond motifs is 1. The zero-order valence-corrected chi connectivity index (χ0v) is 11.2. The van der Waals surface area contributed by atoms with Crippen molar-refractivity contribution in [2.75, 3.05) is 18.1 Å². The van der Waals surface area contributed by atoms with Gasteiger partial charge < -0.3 is 9.64 Å². The highest BCUT2D eigenvalue weighted by molar-refractivity contribution is 5.58. The molecule has 0 saturated heterocycles. The maximum Gasteiger partial charge on any atom is 0.137 e. The molecule has 0 spiro atoms. The number of aromatic nitrogens is 1. The van der Waals surface area contributed by atoms with E-state index in [0.29, 0.717) is 6.61 Å². The second-order valence-corrected chi connectivity index (χ2v) is 4.76. The zero-order chi connectivity index (χ0) is 13.1. The summed E-state index contributed by atoms with van der Waals surface area (Å²) >= 11 is 0. The molecule has 1 aliphatic heterocycles. The first-order chi connectivity index (χ1) is 9.36. The fraction of sp³-hybridized carbons (Fsp3) is 0.312. The maximum absolute atomic E-state index is 5.50. The van der Waals surface area contributed by atoms with Crippen molar-refractivity contribution in [2.45, 2.75) is 19.9 Å². The van der Waals surface area contributed by atoms with Crippen LogP contribution in [0.15, 0.2) is 42.7 Å². The minimum absolute atomic E-state index is 0.678. The number of nitrogens with zero attached hydrogens (tertiary/aromatic N) is 2. The van der Waals surface area contributed by atoms with Crippen LogP contribution in [-0.2, 0) is 13.0 Å². The number of ether oxygens (including phenoxy) is 1. The fourth-order valence-corrected chi connectivity index (χ4v) is 2.59. The van der Waals surface area contributed by atoms with Crippen molar-refractivity contribution in [1.29, 1.82) is 0 Å². The molecule has 0 N–H and O–H groups in total. The van der Waals surface area contributed by atoms with Crippen molar-refractivity contribution in [2.24, 2.45) is 0 Å². The molecule has 0 bridgehead atoms. The van der Waals surface area contributed by atoms with Gasteiger partial charge in [-0.3, -0.25) is 4.98 Å². The Morgan fingerprint density at radius 2 is 2.16 bits per heavy atom. The quantitative estimate of drug-likeness (QED) is 0.838. The predicted octanol–water partition coefficient (Wildman–Crippen LogP) is 3.04. The average Bonchev–Trinajstić information content (AvgIpc) is 2.83. The van der Waals surface area contributed by atoms with Gasteiger partial charge in [-0.05, 0) is 36.6 Å². The lowest BCUT2D eigenvalue weighted by molar-refractivity contribution is 0.338. The lowest BCUT2D eigenvalue weighted by Gasteiger charge is -2.19. The minimum Gasteiger partial charge on any atom is -0.492 e. The lowest BCUT2D eigenvalue weighted by atomic mass is 10.2. The third-order valence-electron chi connectivity index (χ3n) is 3.44. The highest BCUT2D eigenvalue weighted by atomic mass is 16.5. The first-order valence-electron chi connectivity index (χ1n) is 6.76. The summed E-state index contributed by atoms with van der Waals surface area (Å²) in [7, 11) is 0. The Bertz CT molecular complexity index is 568. The molecular weight excluding hydrogens is 236 g/mol. The molecule has 3 nitrogen and oxygen atoms in total. The smallest absolute Gasteiger partial charge is 0.137 e. The van der Waals surface area contributed by atoms with Gasteiger partial charge in [0.25, 0.3) is 0 Å². The Balaban J connectivity index is 1.77. The monoisotopic (exact) mass is 254 g/mol. The molecule has 1 aromatic heterocycles. The van der Waals surface area contributed by atoms with Gasteiger partial charge in [-0.25, -0.2) is 0 Å². The zero-order valence-electron chi connectivity index (χ0n) is 11.2. The molecule has 3 heteroatoms. The molecule has 0 atom stereocenters. The molecule has 2 heterocycles. The van der Waals surface area contributed by atoms with Gasteiger partial charge in [0.1, 0.15) is 5.75 Å². The van der Waals surface area contributed by atoms with Gasteiger partial charge in [-0.2, -0.15) is 0 Å². The lowest BCUT2D eigenvalue weighted by Crippen LogP contribution is -2.19. The van der Waals surface area contributed by atoms with Gasteiger partial charge in [-0.1, -0.05) is 18.2 Å². The maximum atomic E-state index is 5.50. The molecular formula is C16H18N2O. The van der Waals surface area contributed by atoms with Gasteiger partial charge in [-0.15, -0.1) is 0 Å². The Kier molecular flexibility index (Phi) is 3.36. The van der Waals surface area contributed by atoms with E-state index in [1.54, 1.807) is 6.20 Å². The van der Waals surface area contributed by atoms with Crippen LogP contribution in [0, 0.1) is 0 Å². The Labute approximate surface area is 113 Å². The Morgan fingerprint density at radius 3 is 3.05 bits per heavy atom. The van der Waals surface area contributed by atoms with E-state index in [-0.39, 0.29) is 0 Å². The largest absolute Gasteiger partial charge is 0.492 e. The summed E-state index contributed by atoms with van der Waals surface area (Å²) in [5.74, 6) is 0.854. The second kappa shape index (κ2) is 5.31. The molecule has 0 saturated carbocycles. The number of benzene rings is 1. The number of pyridine rings is 1. The molecule has 3 rings (SSSR count). The fourth-order valence-electron chi connectivity index (χ4n) is 2.59. The van der Waals surface area contributed by atoms with Crippen LogP contribution in [0.25, 0.3) is 0 Å². The summed E-state index contributed by atoms with van der Waals surface area (Å²) in [5, 5.41) is 0. The Hall–Kier alpha value is -2.03.